The van der Waals surface area contributed by atoms with Crippen LogP contribution in [0.25, 0.3) is 0 Å². The van der Waals surface area contributed by atoms with Gasteiger partial charge in [-0.05, 0) is 54.6 Å². The van der Waals surface area contributed by atoms with Gasteiger partial charge in [0.15, 0.2) is 0 Å². The first-order chi connectivity index (χ1) is 9.81. The Hall–Kier alpha value is -0.760. The summed E-state index contributed by atoms with van der Waals surface area (Å²) in [5, 5.41) is 3.68. The summed E-state index contributed by atoms with van der Waals surface area (Å²) in [6.07, 6.45) is 8.22. The van der Waals surface area contributed by atoms with Crippen molar-refractivity contribution in [3.05, 3.63) is 24.2 Å². The third-order valence-electron chi connectivity index (χ3n) is 5.29. The fourth-order valence-electron chi connectivity index (χ4n) is 3.72. The standard InChI is InChI=1S/C19H33NO/c1-15(2)20-14-19(13-17-7-6-12-21-17)10-8-16(9-11-19)18(3,4)5/h6-7,12,15-16,20H,8-11,13-14H2,1-5H3. The second-order valence-corrected chi connectivity index (χ2v) is 8.43. The van der Waals surface area contributed by atoms with E-state index in [9.17, 15) is 0 Å². The number of furan rings is 1. The molecule has 0 saturated heterocycles. The maximum absolute atomic E-state index is 5.63. The van der Waals surface area contributed by atoms with Gasteiger partial charge in [0, 0.05) is 19.0 Å². The van der Waals surface area contributed by atoms with Gasteiger partial charge in [-0.25, -0.2) is 0 Å². The Kier molecular flexibility index (Phi) is 5.19. The zero-order chi connectivity index (χ0) is 15.5. The van der Waals surface area contributed by atoms with Gasteiger partial charge in [0.2, 0.25) is 0 Å². The van der Waals surface area contributed by atoms with Crippen molar-refractivity contribution in [3.63, 3.8) is 0 Å². The van der Waals surface area contributed by atoms with Crippen molar-refractivity contribution in [3.8, 4) is 0 Å². The van der Waals surface area contributed by atoms with Crippen LogP contribution in [-0.4, -0.2) is 12.6 Å². The minimum Gasteiger partial charge on any atom is -0.469 e. The Bertz CT molecular complexity index is 405. The quantitative estimate of drug-likeness (QED) is 0.822. The van der Waals surface area contributed by atoms with Crippen molar-refractivity contribution >= 4 is 0 Å². The number of hydrogen-bond acceptors (Lipinski definition) is 2. The van der Waals surface area contributed by atoms with E-state index >= 15 is 0 Å². The molecule has 0 aromatic carbocycles. The molecule has 1 heterocycles. The Labute approximate surface area is 130 Å². The predicted molar refractivity (Wildman–Crippen MR) is 89.4 cm³/mol. The molecule has 120 valence electrons. The highest BCUT2D eigenvalue weighted by Gasteiger charge is 2.39. The molecule has 0 spiro atoms. The van der Waals surface area contributed by atoms with Crippen molar-refractivity contribution in [2.75, 3.05) is 6.54 Å². The number of nitrogens with one attached hydrogen (secondary N) is 1. The zero-order valence-corrected chi connectivity index (χ0v) is 14.5. The lowest BCUT2D eigenvalue weighted by Gasteiger charge is -2.44. The van der Waals surface area contributed by atoms with E-state index in [1.807, 2.05) is 6.07 Å². The minimum atomic E-state index is 0.379. The van der Waals surface area contributed by atoms with Crippen LogP contribution in [0.4, 0.5) is 0 Å². The Balaban J connectivity index is 2.04. The molecular weight excluding hydrogens is 258 g/mol. The largest absolute Gasteiger partial charge is 0.469 e. The number of hydrogen-bond donors (Lipinski definition) is 1. The van der Waals surface area contributed by atoms with Crippen LogP contribution in [0.5, 0.6) is 0 Å². The maximum atomic E-state index is 5.63. The van der Waals surface area contributed by atoms with Gasteiger partial charge in [-0.3, -0.25) is 0 Å². The van der Waals surface area contributed by atoms with Crippen LogP contribution in [0.3, 0.4) is 0 Å². The molecule has 1 aromatic heterocycles. The van der Waals surface area contributed by atoms with Crippen LogP contribution >= 0.6 is 0 Å². The highest BCUT2D eigenvalue weighted by molar-refractivity contribution is 5.04. The van der Waals surface area contributed by atoms with Crippen LogP contribution in [0.15, 0.2) is 22.8 Å². The van der Waals surface area contributed by atoms with Gasteiger partial charge in [-0.1, -0.05) is 34.6 Å². The van der Waals surface area contributed by atoms with E-state index in [0.29, 0.717) is 16.9 Å². The summed E-state index contributed by atoms with van der Waals surface area (Å²) in [4.78, 5) is 0. The summed E-state index contributed by atoms with van der Waals surface area (Å²) in [5.74, 6) is 2.01. The van der Waals surface area contributed by atoms with Crippen molar-refractivity contribution in [1.82, 2.24) is 5.32 Å². The van der Waals surface area contributed by atoms with E-state index in [0.717, 1.165) is 24.6 Å². The molecule has 0 aliphatic heterocycles. The minimum absolute atomic E-state index is 0.379. The normalized spacial score (nSPS) is 27.2. The van der Waals surface area contributed by atoms with Crippen LogP contribution in [0.2, 0.25) is 0 Å². The molecule has 1 fully saturated rings. The molecular formula is C19H33NO. The summed E-state index contributed by atoms with van der Waals surface area (Å²) < 4.78 is 5.63. The van der Waals surface area contributed by atoms with Gasteiger partial charge in [0.1, 0.15) is 5.76 Å². The van der Waals surface area contributed by atoms with Gasteiger partial charge in [-0.2, -0.15) is 0 Å². The van der Waals surface area contributed by atoms with Crippen LogP contribution in [0.1, 0.15) is 66.1 Å². The lowest BCUT2D eigenvalue weighted by atomic mass is 9.62. The fraction of sp³-hybridized carbons (Fsp3) is 0.789. The average Bonchev–Trinajstić information content (AvgIpc) is 2.89. The van der Waals surface area contributed by atoms with E-state index in [4.69, 9.17) is 4.42 Å². The molecule has 21 heavy (non-hydrogen) atoms. The molecule has 0 amide bonds. The highest BCUT2D eigenvalue weighted by atomic mass is 16.3. The van der Waals surface area contributed by atoms with Crippen molar-refractivity contribution in [2.24, 2.45) is 16.7 Å². The van der Waals surface area contributed by atoms with Crippen molar-refractivity contribution < 1.29 is 4.42 Å². The van der Waals surface area contributed by atoms with Gasteiger partial charge in [0.25, 0.3) is 0 Å². The summed E-state index contributed by atoms with van der Waals surface area (Å²) in [5.41, 5.74) is 0.826. The van der Waals surface area contributed by atoms with E-state index in [-0.39, 0.29) is 0 Å². The zero-order valence-electron chi connectivity index (χ0n) is 14.5. The topological polar surface area (TPSA) is 25.2 Å². The Morgan fingerprint density at radius 2 is 1.95 bits per heavy atom. The smallest absolute Gasteiger partial charge is 0.104 e. The van der Waals surface area contributed by atoms with E-state index < -0.39 is 0 Å². The first-order valence-electron chi connectivity index (χ1n) is 8.57. The lowest BCUT2D eigenvalue weighted by Crippen LogP contribution is -2.43. The van der Waals surface area contributed by atoms with Gasteiger partial charge in [-0.15, -0.1) is 0 Å². The van der Waals surface area contributed by atoms with Crippen LogP contribution < -0.4 is 5.32 Å². The summed E-state index contributed by atoms with van der Waals surface area (Å²) >= 11 is 0. The molecule has 2 rings (SSSR count). The molecule has 1 aliphatic carbocycles. The Morgan fingerprint density at radius 3 is 2.43 bits per heavy atom. The third-order valence-corrected chi connectivity index (χ3v) is 5.29. The summed E-state index contributed by atoms with van der Waals surface area (Å²) in [6, 6.07) is 4.70. The monoisotopic (exact) mass is 291 g/mol. The second-order valence-electron chi connectivity index (χ2n) is 8.43. The Morgan fingerprint density at radius 1 is 1.29 bits per heavy atom. The van der Waals surface area contributed by atoms with Gasteiger partial charge in [0.05, 0.1) is 6.26 Å². The molecule has 0 radical (unpaired) electrons. The molecule has 0 unspecified atom stereocenters. The van der Waals surface area contributed by atoms with Gasteiger partial charge < -0.3 is 9.73 Å². The maximum Gasteiger partial charge on any atom is 0.104 e. The van der Waals surface area contributed by atoms with Crippen molar-refractivity contribution in [2.45, 2.75) is 72.8 Å². The van der Waals surface area contributed by atoms with Crippen molar-refractivity contribution in [1.29, 1.82) is 0 Å². The van der Waals surface area contributed by atoms with Gasteiger partial charge >= 0.3 is 0 Å². The molecule has 0 atom stereocenters. The van der Waals surface area contributed by atoms with Crippen LogP contribution in [0, 0.1) is 16.7 Å². The molecule has 2 heteroatoms. The third kappa shape index (κ3) is 4.60. The SMILES string of the molecule is CC(C)NCC1(Cc2ccco2)CCC(C(C)(C)C)CC1. The summed E-state index contributed by atoms with van der Waals surface area (Å²) in [7, 11) is 0. The lowest BCUT2D eigenvalue weighted by molar-refractivity contribution is 0.0808. The molecule has 2 nitrogen and oxygen atoms in total. The molecule has 1 N–H and O–H groups in total. The average molecular weight is 291 g/mol. The second kappa shape index (κ2) is 6.56. The molecule has 0 bridgehead atoms. The predicted octanol–water partition coefficient (Wildman–Crippen LogP) is 5.04. The highest BCUT2D eigenvalue weighted by Crippen LogP contribution is 2.46. The molecule has 1 saturated carbocycles. The van der Waals surface area contributed by atoms with Crippen LogP contribution in [-0.2, 0) is 6.42 Å². The van der Waals surface area contributed by atoms with E-state index in [1.54, 1.807) is 6.26 Å². The summed E-state index contributed by atoms with van der Waals surface area (Å²) in [6.45, 7) is 12.8. The molecule has 1 aliphatic rings. The van der Waals surface area contributed by atoms with E-state index in [2.05, 4.69) is 46.0 Å². The first-order valence-corrected chi connectivity index (χ1v) is 8.57. The fourth-order valence-corrected chi connectivity index (χ4v) is 3.72. The first kappa shape index (κ1) is 16.6. The van der Waals surface area contributed by atoms with E-state index in [1.165, 1.54) is 25.7 Å². The molecule has 1 aromatic rings. The number of rotatable bonds is 5.